The normalized spacial score (nSPS) is 12.2. The number of halogens is 3. The second kappa shape index (κ2) is 11.2. The number of hydrogen-bond acceptors (Lipinski definition) is 6. The van der Waals surface area contributed by atoms with Gasteiger partial charge >= 0.3 is 0 Å². The van der Waals surface area contributed by atoms with Crippen LogP contribution < -0.4 is 19.1 Å². The van der Waals surface area contributed by atoms with Crippen LogP contribution in [-0.2, 0) is 6.54 Å². The van der Waals surface area contributed by atoms with Gasteiger partial charge in [-0.15, -0.1) is 17.0 Å². The maximum atomic E-state index is 15.2. The van der Waals surface area contributed by atoms with Crippen LogP contribution in [0, 0.1) is 11.2 Å². The van der Waals surface area contributed by atoms with Gasteiger partial charge in [-0.25, -0.2) is 4.39 Å². The number of amidine groups is 1. The number of Topliss-reactive ketones (excluding diaryl/α,β-unsaturated/α-hetero) is 1. The smallest absolute Gasteiger partial charge is 0.197 e. The number of ether oxygens (including phenoxy) is 3. The number of nitrogens with one attached hydrogen (secondary N) is 1. The van der Waals surface area contributed by atoms with Crippen molar-refractivity contribution in [2.24, 2.45) is 0 Å². The molecule has 3 rings (SSSR count). The number of anilines is 1. The predicted molar refractivity (Wildman–Crippen MR) is 136 cm³/mol. The molecule has 0 radical (unpaired) electrons. The predicted octanol–water partition coefficient (Wildman–Crippen LogP) is 5.06. The summed E-state index contributed by atoms with van der Waals surface area (Å²) in [6.45, 7) is 4.37. The van der Waals surface area contributed by atoms with E-state index in [1.807, 2.05) is 25.9 Å². The summed E-state index contributed by atoms with van der Waals surface area (Å²) in [5.41, 5.74) is 1.96. The Hall–Kier alpha value is -2.33. The molecule has 1 aliphatic rings. The monoisotopic (exact) mass is 587 g/mol. The minimum atomic E-state index is -0.630. The Balaban J connectivity index is 0.00000385. The fourth-order valence-electron chi connectivity index (χ4n) is 3.70. The van der Waals surface area contributed by atoms with Crippen LogP contribution in [0.25, 0.3) is 0 Å². The Labute approximate surface area is 212 Å². The van der Waals surface area contributed by atoms with Gasteiger partial charge in [-0.2, -0.15) is 0 Å². The topological polar surface area (TPSA) is 75.1 Å². The van der Waals surface area contributed by atoms with Crippen LogP contribution >= 0.6 is 32.9 Å². The molecule has 0 atom stereocenters. The highest BCUT2D eigenvalue weighted by molar-refractivity contribution is 9.10. The zero-order valence-corrected chi connectivity index (χ0v) is 22.6. The van der Waals surface area contributed by atoms with Crippen molar-refractivity contribution in [1.82, 2.24) is 4.90 Å². The summed E-state index contributed by atoms with van der Waals surface area (Å²) < 4.78 is 32.3. The summed E-state index contributed by atoms with van der Waals surface area (Å²) in [5, 5.41) is 8.50. The van der Waals surface area contributed by atoms with Crippen molar-refractivity contribution in [3.8, 4) is 17.2 Å². The summed E-state index contributed by atoms with van der Waals surface area (Å²) in [4.78, 5) is 16.5. The average molecular weight is 589 g/mol. The fraction of sp³-hybridized carbons (Fsp3) is 0.391. The van der Waals surface area contributed by atoms with Gasteiger partial charge in [0, 0.05) is 26.2 Å². The van der Waals surface area contributed by atoms with Gasteiger partial charge in [-0.05, 0) is 53.5 Å². The minimum absolute atomic E-state index is 0. The van der Waals surface area contributed by atoms with E-state index in [9.17, 15) is 4.79 Å². The van der Waals surface area contributed by atoms with Crippen molar-refractivity contribution in [2.75, 3.05) is 45.9 Å². The molecule has 0 unspecified atom stereocenters. The quantitative estimate of drug-likeness (QED) is 0.413. The molecule has 0 amide bonds. The van der Waals surface area contributed by atoms with E-state index in [1.165, 1.54) is 0 Å². The zero-order valence-electron chi connectivity index (χ0n) is 19.3. The number of fused-ring (bicyclic) bond motifs is 1. The van der Waals surface area contributed by atoms with E-state index in [0.717, 1.165) is 5.69 Å². The number of benzene rings is 2. The third-order valence-corrected chi connectivity index (χ3v) is 5.73. The number of carbonyl (C=O) groups is 1. The van der Waals surface area contributed by atoms with Crippen LogP contribution in [0.15, 0.2) is 22.7 Å². The van der Waals surface area contributed by atoms with E-state index in [-0.39, 0.29) is 59.6 Å². The molecule has 0 spiro atoms. The Bertz CT molecular complexity index is 1060. The number of rotatable bonds is 9. The van der Waals surface area contributed by atoms with Gasteiger partial charge in [-0.1, -0.05) is 0 Å². The Morgan fingerprint density at radius 2 is 1.85 bits per heavy atom. The Kier molecular flexibility index (Phi) is 9.13. The van der Waals surface area contributed by atoms with Crippen LogP contribution in [0.4, 0.5) is 10.1 Å². The second-order valence-electron chi connectivity index (χ2n) is 7.45. The SMILES string of the molecule is Br.CCOc1cc2c(c(F)c1OCC)C(=N)N(CC(=O)c1cc(Br)c(OC)c(N(C)C)c1)C2. The molecule has 1 aliphatic heterocycles. The lowest BCUT2D eigenvalue weighted by Crippen LogP contribution is -2.30. The zero-order chi connectivity index (χ0) is 23.6. The maximum absolute atomic E-state index is 15.2. The highest BCUT2D eigenvalue weighted by Gasteiger charge is 2.33. The van der Waals surface area contributed by atoms with Crippen LogP contribution in [0.2, 0.25) is 0 Å². The summed E-state index contributed by atoms with van der Waals surface area (Å²) in [7, 11) is 5.29. The number of methoxy groups -OCH3 is 1. The van der Waals surface area contributed by atoms with Crippen LogP contribution in [0.3, 0.4) is 0 Å². The van der Waals surface area contributed by atoms with Gasteiger partial charge in [0.15, 0.2) is 28.8 Å². The van der Waals surface area contributed by atoms with Gasteiger partial charge in [0.2, 0.25) is 0 Å². The van der Waals surface area contributed by atoms with Gasteiger partial charge in [-0.3, -0.25) is 10.2 Å². The molecule has 1 N–H and O–H groups in total. The molecule has 180 valence electrons. The molecule has 0 bridgehead atoms. The Morgan fingerprint density at radius 3 is 2.42 bits per heavy atom. The van der Waals surface area contributed by atoms with E-state index in [1.54, 1.807) is 37.1 Å². The molecule has 0 fully saturated rings. The largest absolute Gasteiger partial charge is 0.493 e. The summed E-state index contributed by atoms with van der Waals surface area (Å²) in [6.07, 6.45) is 0. The summed E-state index contributed by atoms with van der Waals surface area (Å²) >= 11 is 3.46. The average Bonchev–Trinajstić information content (AvgIpc) is 3.05. The number of ketones is 1. The summed E-state index contributed by atoms with van der Waals surface area (Å²) in [6, 6.07) is 5.14. The van der Waals surface area contributed by atoms with E-state index in [0.29, 0.717) is 33.7 Å². The van der Waals surface area contributed by atoms with Gasteiger partial charge in [0.25, 0.3) is 0 Å². The first-order chi connectivity index (χ1) is 15.2. The molecule has 7 nitrogen and oxygen atoms in total. The van der Waals surface area contributed by atoms with Crippen molar-refractivity contribution in [3.05, 3.63) is 45.2 Å². The first-order valence-corrected chi connectivity index (χ1v) is 11.1. The standard InChI is InChI=1S/C23H27BrFN3O4.BrH/c1-6-31-18-10-14-11-28(23(26)19(14)20(25)22(18)32-7-2)12-17(29)13-8-15(24)21(30-5)16(9-13)27(3)4;/h8-10,26H,6-7,11-12H2,1-5H3;1H. The highest BCUT2D eigenvalue weighted by Crippen LogP contribution is 2.39. The van der Waals surface area contributed by atoms with Crippen LogP contribution in [-0.4, -0.2) is 57.5 Å². The van der Waals surface area contributed by atoms with Crippen molar-refractivity contribution in [2.45, 2.75) is 20.4 Å². The first-order valence-electron chi connectivity index (χ1n) is 10.3. The number of nitrogens with zero attached hydrogens (tertiary/aromatic N) is 2. The Morgan fingerprint density at radius 1 is 1.18 bits per heavy atom. The van der Waals surface area contributed by atoms with E-state index in [4.69, 9.17) is 19.6 Å². The van der Waals surface area contributed by atoms with Gasteiger partial charge in [0.1, 0.15) is 5.84 Å². The van der Waals surface area contributed by atoms with Crippen molar-refractivity contribution < 1.29 is 23.4 Å². The molecule has 2 aromatic rings. The minimum Gasteiger partial charge on any atom is -0.493 e. The van der Waals surface area contributed by atoms with Gasteiger partial charge in [0.05, 0.1) is 42.6 Å². The summed E-state index contributed by atoms with van der Waals surface area (Å²) in [5.74, 6) is 0.0680. The molecule has 0 aliphatic carbocycles. The lowest BCUT2D eigenvalue weighted by molar-refractivity contribution is 0.0962. The third-order valence-electron chi connectivity index (χ3n) is 5.14. The molecular formula is C23H28Br2FN3O4. The molecule has 33 heavy (non-hydrogen) atoms. The van der Waals surface area contributed by atoms with Crippen LogP contribution in [0.5, 0.6) is 17.2 Å². The highest BCUT2D eigenvalue weighted by atomic mass is 79.9. The number of carbonyl (C=O) groups excluding carboxylic acids is 1. The molecule has 0 aromatic heterocycles. The lowest BCUT2D eigenvalue weighted by Gasteiger charge is -2.20. The maximum Gasteiger partial charge on any atom is 0.197 e. The molecule has 10 heteroatoms. The molecule has 0 saturated carbocycles. The van der Waals surface area contributed by atoms with Gasteiger partial charge < -0.3 is 24.0 Å². The fourth-order valence-corrected chi connectivity index (χ4v) is 4.31. The second-order valence-corrected chi connectivity index (χ2v) is 8.31. The van der Waals surface area contributed by atoms with Crippen molar-refractivity contribution in [1.29, 1.82) is 5.41 Å². The first kappa shape index (κ1) is 26.9. The van der Waals surface area contributed by atoms with E-state index < -0.39 is 5.82 Å². The third kappa shape index (κ3) is 5.27. The molecule has 0 saturated heterocycles. The van der Waals surface area contributed by atoms with E-state index >= 15 is 4.39 Å². The van der Waals surface area contributed by atoms with E-state index in [2.05, 4.69) is 15.9 Å². The van der Waals surface area contributed by atoms with Crippen molar-refractivity contribution in [3.63, 3.8) is 0 Å². The molecule has 2 aromatic carbocycles. The number of hydrogen-bond donors (Lipinski definition) is 1. The lowest BCUT2D eigenvalue weighted by atomic mass is 10.1. The molecule has 1 heterocycles. The molecular weight excluding hydrogens is 561 g/mol. The van der Waals surface area contributed by atoms with Crippen LogP contribution in [0.1, 0.15) is 35.3 Å². The van der Waals surface area contributed by atoms with Crippen molar-refractivity contribution >= 4 is 50.2 Å².